The van der Waals surface area contributed by atoms with Gasteiger partial charge in [-0.25, -0.2) is 0 Å². The van der Waals surface area contributed by atoms with E-state index in [1.54, 1.807) is 0 Å². The third kappa shape index (κ3) is 9.86. The van der Waals surface area contributed by atoms with Crippen molar-refractivity contribution in [3.8, 4) is 0 Å². The summed E-state index contributed by atoms with van der Waals surface area (Å²) in [6, 6.07) is 0. The standard InChI is InChI=1S/C17H31IO/c18-16-14-12-10-8-6-4-2-1-3-5-7-9-11-13-15-17(16)19/h16H,1-15H2. The van der Waals surface area contributed by atoms with Crippen molar-refractivity contribution in [1.29, 1.82) is 0 Å². The fourth-order valence-electron chi connectivity index (χ4n) is 2.88. The summed E-state index contributed by atoms with van der Waals surface area (Å²) in [5, 5.41) is 0. The van der Waals surface area contributed by atoms with Crippen molar-refractivity contribution in [2.24, 2.45) is 0 Å². The largest absolute Gasteiger partial charge is 0.299 e. The van der Waals surface area contributed by atoms with Crippen molar-refractivity contribution in [3.63, 3.8) is 0 Å². The van der Waals surface area contributed by atoms with E-state index in [0.29, 0.717) is 5.78 Å². The van der Waals surface area contributed by atoms with E-state index in [2.05, 4.69) is 22.6 Å². The number of carbonyl (C=O) groups is 1. The molecule has 1 saturated carbocycles. The first-order valence-electron chi connectivity index (χ1n) is 8.47. The van der Waals surface area contributed by atoms with Crippen molar-refractivity contribution in [3.05, 3.63) is 0 Å². The Labute approximate surface area is 133 Å². The summed E-state index contributed by atoms with van der Waals surface area (Å²) in [4.78, 5) is 12.0. The smallest absolute Gasteiger partial charge is 0.145 e. The van der Waals surface area contributed by atoms with Crippen molar-refractivity contribution < 1.29 is 4.79 Å². The minimum absolute atomic E-state index is 0.285. The van der Waals surface area contributed by atoms with Gasteiger partial charge >= 0.3 is 0 Å². The predicted molar refractivity (Wildman–Crippen MR) is 92.1 cm³/mol. The summed E-state index contributed by atoms with van der Waals surface area (Å²) < 4.78 is 0.285. The van der Waals surface area contributed by atoms with E-state index in [-0.39, 0.29) is 3.92 Å². The first-order valence-corrected chi connectivity index (χ1v) is 9.72. The minimum Gasteiger partial charge on any atom is -0.299 e. The molecule has 1 aliphatic rings. The number of hydrogen-bond acceptors (Lipinski definition) is 1. The average Bonchev–Trinajstić information content (AvgIpc) is 2.41. The molecule has 0 aromatic rings. The SMILES string of the molecule is O=C1CCCCCCCCCCCCCCCC1I. The molecular formula is C17H31IO. The second kappa shape index (κ2) is 12.2. The van der Waals surface area contributed by atoms with Gasteiger partial charge in [0, 0.05) is 6.42 Å². The van der Waals surface area contributed by atoms with Crippen LogP contribution in [0.25, 0.3) is 0 Å². The van der Waals surface area contributed by atoms with Crippen LogP contribution in [0.1, 0.15) is 96.3 Å². The molecule has 1 aliphatic carbocycles. The molecule has 1 unspecified atom stereocenters. The summed E-state index contributed by atoms with van der Waals surface area (Å²) in [6.45, 7) is 0. The van der Waals surface area contributed by atoms with Gasteiger partial charge in [-0.15, -0.1) is 0 Å². The summed E-state index contributed by atoms with van der Waals surface area (Å²) in [7, 11) is 0. The molecule has 0 aliphatic heterocycles. The number of Topliss-reactive ketones (excluding diaryl/α,β-unsaturated/α-hetero) is 1. The van der Waals surface area contributed by atoms with Gasteiger partial charge in [0.2, 0.25) is 0 Å². The van der Waals surface area contributed by atoms with Crippen LogP contribution in [0.2, 0.25) is 0 Å². The Hall–Kier alpha value is 0.400. The molecule has 0 spiro atoms. The van der Waals surface area contributed by atoms with Crippen LogP contribution >= 0.6 is 22.6 Å². The lowest BCUT2D eigenvalue weighted by Gasteiger charge is -2.08. The topological polar surface area (TPSA) is 17.1 Å². The number of rotatable bonds is 0. The van der Waals surface area contributed by atoms with E-state index in [4.69, 9.17) is 0 Å². The lowest BCUT2D eigenvalue weighted by Crippen LogP contribution is -2.13. The molecule has 2 heteroatoms. The molecule has 0 saturated heterocycles. The molecule has 0 amide bonds. The molecule has 1 nitrogen and oxygen atoms in total. The Morgan fingerprint density at radius 1 is 0.632 bits per heavy atom. The van der Waals surface area contributed by atoms with Crippen LogP contribution in [0.3, 0.4) is 0 Å². The third-order valence-corrected chi connectivity index (χ3v) is 5.55. The zero-order chi connectivity index (χ0) is 13.8. The Bertz CT molecular complexity index is 227. The molecule has 0 heterocycles. The second-order valence-corrected chi connectivity index (χ2v) is 7.57. The number of ketones is 1. The maximum atomic E-state index is 12.0. The Morgan fingerprint density at radius 3 is 1.47 bits per heavy atom. The van der Waals surface area contributed by atoms with E-state index >= 15 is 0 Å². The van der Waals surface area contributed by atoms with Gasteiger partial charge < -0.3 is 0 Å². The number of carbonyl (C=O) groups excluding carboxylic acids is 1. The molecule has 0 aromatic heterocycles. The number of halogens is 1. The normalized spacial score (nSPS) is 26.8. The monoisotopic (exact) mass is 378 g/mol. The molecule has 1 fully saturated rings. The number of hydrogen-bond donors (Lipinski definition) is 0. The van der Waals surface area contributed by atoms with Gasteiger partial charge in [0.1, 0.15) is 5.78 Å². The van der Waals surface area contributed by atoms with Gasteiger partial charge in [-0.1, -0.05) is 99.6 Å². The van der Waals surface area contributed by atoms with Crippen LogP contribution in [0.4, 0.5) is 0 Å². The Kier molecular flexibility index (Phi) is 11.2. The van der Waals surface area contributed by atoms with Crippen LogP contribution in [0.15, 0.2) is 0 Å². The van der Waals surface area contributed by atoms with Gasteiger partial charge in [0.15, 0.2) is 0 Å². The van der Waals surface area contributed by atoms with Crippen LogP contribution in [-0.2, 0) is 4.79 Å². The van der Waals surface area contributed by atoms with Crippen molar-refractivity contribution in [2.45, 2.75) is 100 Å². The number of alkyl halides is 1. The molecular weight excluding hydrogens is 347 g/mol. The van der Waals surface area contributed by atoms with Gasteiger partial charge in [-0.3, -0.25) is 4.79 Å². The molecule has 1 rings (SSSR count). The zero-order valence-corrected chi connectivity index (χ0v) is 14.6. The summed E-state index contributed by atoms with van der Waals surface area (Å²) in [5.41, 5.74) is 0. The minimum atomic E-state index is 0.285. The molecule has 0 N–H and O–H groups in total. The quantitative estimate of drug-likeness (QED) is 0.361. The molecule has 0 aromatic carbocycles. The van der Waals surface area contributed by atoms with Crippen LogP contribution in [0.5, 0.6) is 0 Å². The maximum Gasteiger partial charge on any atom is 0.145 e. The lowest BCUT2D eigenvalue weighted by atomic mass is 10.0. The van der Waals surface area contributed by atoms with E-state index in [9.17, 15) is 4.79 Å². The van der Waals surface area contributed by atoms with Gasteiger partial charge in [-0.2, -0.15) is 0 Å². The summed E-state index contributed by atoms with van der Waals surface area (Å²) >= 11 is 2.36. The first kappa shape index (κ1) is 17.5. The lowest BCUT2D eigenvalue weighted by molar-refractivity contribution is -0.118. The Balaban J connectivity index is 2.21. The van der Waals surface area contributed by atoms with Crippen LogP contribution < -0.4 is 0 Å². The molecule has 0 radical (unpaired) electrons. The van der Waals surface area contributed by atoms with Gasteiger partial charge in [0.05, 0.1) is 3.92 Å². The fourth-order valence-corrected chi connectivity index (χ4v) is 3.64. The van der Waals surface area contributed by atoms with E-state index in [0.717, 1.165) is 19.3 Å². The molecule has 0 bridgehead atoms. The second-order valence-electron chi connectivity index (χ2n) is 6.07. The molecule has 19 heavy (non-hydrogen) atoms. The summed E-state index contributed by atoms with van der Waals surface area (Å²) in [5.74, 6) is 0.505. The van der Waals surface area contributed by atoms with Gasteiger partial charge in [-0.05, 0) is 12.8 Å². The maximum absolute atomic E-state index is 12.0. The average molecular weight is 378 g/mol. The third-order valence-electron chi connectivity index (χ3n) is 4.23. The van der Waals surface area contributed by atoms with Gasteiger partial charge in [0.25, 0.3) is 0 Å². The van der Waals surface area contributed by atoms with Crippen molar-refractivity contribution >= 4 is 28.4 Å². The van der Waals surface area contributed by atoms with Crippen molar-refractivity contribution in [2.75, 3.05) is 0 Å². The highest BCUT2D eigenvalue weighted by molar-refractivity contribution is 14.1. The van der Waals surface area contributed by atoms with Crippen molar-refractivity contribution in [1.82, 2.24) is 0 Å². The predicted octanol–water partition coefficient (Wildman–Crippen LogP) is 6.22. The highest BCUT2D eigenvalue weighted by atomic mass is 127. The highest BCUT2D eigenvalue weighted by Crippen LogP contribution is 2.19. The van der Waals surface area contributed by atoms with E-state index < -0.39 is 0 Å². The first-order chi connectivity index (χ1) is 9.30. The molecule has 112 valence electrons. The van der Waals surface area contributed by atoms with E-state index in [1.165, 1.54) is 77.0 Å². The van der Waals surface area contributed by atoms with Crippen LogP contribution in [0, 0.1) is 0 Å². The fraction of sp³-hybridized carbons (Fsp3) is 0.941. The summed E-state index contributed by atoms with van der Waals surface area (Å²) in [6.07, 6.45) is 19.5. The van der Waals surface area contributed by atoms with E-state index in [1.807, 2.05) is 0 Å². The highest BCUT2D eigenvalue weighted by Gasteiger charge is 2.13. The van der Waals surface area contributed by atoms with Crippen LogP contribution in [-0.4, -0.2) is 9.71 Å². The Morgan fingerprint density at radius 2 is 1.00 bits per heavy atom. The molecule has 1 atom stereocenters. The zero-order valence-electron chi connectivity index (χ0n) is 12.5.